The zero-order valence-electron chi connectivity index (χ0n) is 14.1. The largest absolute Gasteiger partial charge is 0.358 e. The van der Waals surface area contributed by atoms with Gasteiger partial charge in [-0.25, -0.2) is 0 Å². The van der Waals surface area contributed by atoms with Crippen molar-refractivity contribution in [1.82, 2.24) is 9.88 Å². The standard InChI is InChI=1S/C20H19N3OS/c1-13-19(16-4-2-3-5-17(16)22-13)15-6-8-23(9-7-15)20(24)18-10-14(11-21)12-25-18/h2-5,10,12,15,22H,6-9H2,1H3. The fourth-order valence-corrected chi connectivity index (χ4v) is 4.66. The van der Waals surface area contributed by atoms with Crippen molar-refractivity contribution in [2.24, 2.45) is 0 Å². The Balaban J connectivity index is 1.50. The average Bonchev–Trinajstić information content (AvgIpc) is 3.25. The van der Waals surface area contributed by atoms with E-state index in [1.54, 1.807) is 11.4 Å². The smallest absolute Gasteiger partial charge is 0.263 e. The van der Waals surface area contributed by atoms with Crippen LogP contribution in [0.4, 0.5) is 0 Å². The van der Waals surface area contributed by atoms with E-state index in [9.17, 15) is 4.79 Å². The van der Waals surface area contributed by atoms with Gasteiger partial charge in [0.25, 0.3) is 5.91 Å². The Kier molecular flexibility index (Phi) is 4.06. The summed E-state index contributed by atoms with van der Waals surface area (Å²) >= 11 is 1.36. The van der Waals surface area contributed by atoms with Gasteiger partial charge in [-0.1, -0.05) is 18.2 Å². The molecule has 1 aliphatic heterocycles. The number of nitriles is 1. The highest BCUT2D eigenvalue weighted by atomic mass is 32.1. The molecular weight excluding hydrogens is 330 g/mol. The number of piperidine rings is 1. The minimum atomic E-state index is 0.0561. The number of H-pyrrole nitrogens is 1. The zero-order valence-corrected chi connectivity index (χ0v) is 14.9. The van der Waals surface area contributed by atoms with Gasteiger partial charge in [0.2, 0.25) is 0 Å². The molecule has 1 saturated heterocycles. The topological polar surface area (TPSA) is 59.9 Å². The second-order valence-corrected chi connectivity index (χ2v) is 7.50. The number of nitrogens with one attached hydrogen (secondary N) is 1. The normalized spacial score (nSPS) is 15.4. The summed E-state index contributed by atoms with van der Waals surface area (Å²) in [7, 11) is 0. The molecule has 3 heterocycles. The number of aromatic nitrogens is 1. The summed E-state index contributed by atoms with van der Waals surface area (Å²) in [6.07, 6.45) is 1.95. The molecule has 3 aromatic rings. The molecule has 25 heavy (non-hydrogen) atoms. The van der Waals surface area contributed by atoms with Crippen molar-refractivity contribution in [2.45, 2.75) is 25.7 Å². The quantitative estimate of drug-likeness (QED) is 0.744. The molecule has 0 aliphatic carbocycles. The molecule has 1 N–H and O–H groups in total. The van der Waals surface area contributed by atoms with Crippen molar-refractivity contribution in [3.05, 3.63) is 57.4 Å². The number of hydrogen-bond donors (Lipinski definition) is 1. The van der Waals surface area contributed by atoms with Crippen LogP contribution in [-0.2, 0) is 0 Å². The Hall–Kier alpha value is -2.58. The number of carbonyl (C=O) groups excluding carboxylic acids is 1. The van der Waals surface area contributed by atoms with E-state index in [1.165, 1.54) is 33.5 Å². The van der Waals surface area contributed by atoms with E-state index in [0.717, 1.165) is 25.9 Å². The van der Waals surface area contributed by atoms with Crippen molar-refractivity contribution in [1.29, 1.82) is 5.26 Å². The predicted octanol–water partition coefficient (Wildman–Crippen LogP) is 4.43. The van der Waals surface area contributed by atoms with Gasteiger partial charge in [-0.15, -0.1) is 11.3 Å². The molecule has 0 radical (unpaired) electrons. The van der Waals surface area contributed by atoms with E-state index in [0.29, 0.717) is 16.4 Å². The van der Waals surface area contributed by atoms with Crippen LogP contribution in [0.5, 0.6) is 0 Å². The number of amides is 1. The lowest BCUT2D eigenvalue weighted by Gasteiger charge is -2.32. The predicted molar refractivity (Wildman–Crippen MR) is 99.9 cm³/mol. The van der Waals surface area contributed by atoms with Gasteiger partial charge < -0.3 is 9.88 Å². The molecule has 0 saturated carbocycles. The number of likely N-dealkylation sites (tertiary alicyclic amines) is 1. The summed E-state index contributed by atoms with van der Waals surface area (Å²) in [6.45, 7) is 3.67. The number of benzene rings is 1. The fourth-order valence-electron chi connectivity index (χ4n) is 3.86. The third kappa shape index (κ3) is 2.83. The first-order valence-corrected chi connectivity index (χ1v) is 9.40. The molecule has 1 aromatic carbocycles. The van der Waals surface area contributed by atoms with Crippen LogP contribution in [0.3, 0.4) is 0 Å². The molecule has 0 bridgehead atoms. The molecule has 0 spiro atoms. The van der Waals surface area contributed by atoms with Crippen LogP contribution >= 0.6 is 11.3 Å². The zero-order chi connectivity index (χ0) is 17.4. The molecule has 4 nitrogen and oxygen atoms in total. The van der Waals surface area contributed by atoms with Crippen molar-refractivity contribution in [3.63, 3.8) is 0 Å². The summed E-state index contributed by atoms with van der Waals surface area (Å²) in [5.41, 5.74) is 4.40. The van der Waals surface area contributed by atoms with E-state index in [4.69, 9.17) is 5.26 Å². The first kappa shape index (κ1) is 15.9. The van der Waals surface area contributed by atoms with E-state index in [2.05, 4.69) is 42.2 Å². The molecule has 5 heteroatoms. The van der Waals surface area contributed by atoms with E-state index in [1.807, 2.05) is 4.90 Å². The molecule has 2 aromatic heterocycles. The highest BCUT2D eigenvalue weighted by Gasteiger charge is 2.27. The van der Waals surface area contributed by atoms with E-state index >= 15 is 0 Å². The number of rotatable bonds is 2. The monoisotopic (exact) mass is 349 g/mol. The van der Waals surface area contributed by atoms with Gasteiger partial charge in [-0.2, -0.15) is 5.26 Å². The highest BCUT2D eigenvalue weighted by Crippen LogP contribution is 2.36. The Labute approximate surface area is 150 Å². The van der Waals surface area contributed by atoms with Crippen LogP contribution in [-0.4, -0.2) is 28.9 Å². The minimum absolute atomic E-state index is 0.0561. The number of aromatic amines is 1. The first-order valence-electron chi connectivity index (χ1n) is 8.52. The fraction of sp³-hybridized carbons (Fsp3) is 0.300. The third-order valence-corrected chi connectivity index (χ3v) is 5.99. The molecule has 1 aliphatic rings. The van der Waals surface area contributed by atoms with E-state index < -0.39 is 0 Å². The summed E-state index contributed by atoms with van der Waals surface area (Å²) in [6, 6.07) is 12.2. The molecule has 4 rings (SSSR count). The van der Waals surface area contributed by atoms with Gasteiger partial charge >= 0.3 is 0 Å². The molecule has 1 amide bonds. The summed E-state index contributed by atoms with van der Waals surface area (Å²) < 4.78 is 0. The molecular formula is C20H19N3OS. The number of aryl methyl sites for hydroxylation is 1. The van der Waals surface area contributed by atoms with Gasteiger partial charge in [0.1, 0.15) is 6.07 Å². The van der Waals surface area contributed by atoms with E-state index in [-0.39, 0.29) is 5.91 Å². The Morgan fingerprint density at radius 1 is 1.32 bits per heavy atom. The summed E-state index contributed by atoms with van der Waals surface area (Å²) in [5.74, 6) is 0.541. The first-order chi connectivity index (χ1) is 12.2. The third-order valence-electron chi connectivity index (χ3n) is 5.07. The minimum Gasteiger partial charge on any atom is -0.358 e. The van der Waals surface area contributed by atoms with Gasteiger partial charge in [-0.3, -0.25) is 4.79 Å². The average molecular weight is 349 g/mol. The van der Waals surface area contributed by atoms with Crippen LogP contribution in [0, 0.1) is 18.3 Å². The van der Waals surface area contributed by atoms with Gasteiger partial charge in [0.15, 0.2) is 0 Å². The van der Waals surface area contributed by atoms with Gasteiger partial charge in [-0.05, 0) is 43.4 Å². The van der Waals surface area contributed by atoms with Crippen LogP contribution in [0.1, 0.15) is 45.3 Å². The molecule has 1 fully saturated rings. The van der Waals surface area contributed by atoms with Crippen molar-refractivity contribution in [2.75, 3.05) is 13.1 Å². The van der Waals surface area contributed by atoms with Crippen LogP contribution < -0.4 is 0 Å². The van der Waals surface area contributed by atoms with Crippen molar-refractivity contribution < 1.29 is 4.79 Å². The lowest BCUT2D eigenvalue weighted by molar-refractivity contribution is 0.0718. The van der Waals surface area contributed by atoms with Crippen molar-refractivity contribution in [3.8, 4) is 6.07 Å². The van der Waals surface area contributed by atoms with Crippen LogP contribution in [0.25, 0.3) is 10.9 Å². The maximum absolute atomic E-state index is 12.6. The lowest BCUT2D eigenvalue weighted by Crippen LogP contribution is -2.37. The summed E-state index contributed by atoms with van der Waals surface area (Å²) in [5, 5.41) is 12.0. The number of nitrogens with zero attached hydrogens (tertiary/aromatic N) is 2. The van der Waals surface area contributed by atoms with Crippen LogP contribution in [0.2, 0.25) is 0 Å². The number of carbonyl (C=O) groups is 1. The van der Waals surface area contributed by atoms with Gasteiger partial charge in [0, 0.05) is 35.1 Å². The van der Waals surface area contributed by atoms with Gasteiger partial charge in [0.05, 0.1) is 10.4 Å². The Morgan fingerprint density at radius 2 is 2.08 bits per heavy atom. The number of para-hydroxylation sites is 1. The number of thiophene rings is 1. The second kappa shape index (κ2) is 6.38. The highest BCUT2D eigenvalue weighted by molar-refractivity contribution is 7.12. The molecule has 0 atom stereocenters. The SMILES string of the molecule is Cc1[nH]c2ccccc2c1C1CCN(C(=O)c2cc(C#N)cs2)CC1. The number of hydrogen-bond acceptors (Lipinski definition) is 3. The maximum Gasteiger partial charge on any atom is 0.263 e. The Bertz CT molecular complexity index is 970. The van der Waals surface area contributed by atoms with Crippen LogP contribution in [0.15, 0.2) is 35.7 Å². The van der Waals surface area contributed by atoms with Crippen molar-refractivity contribution >= 4 is 28.1 Å². The summed E-state index contributed by atoms with van der Waals surface area (Å²) in [4.78, 5) is 18.7. The maximum atomic E-state index is 12.6. The lowest BCUT2D eigenvalue weighted by atomic mass is 9.87. The second-order valence-electron chi connectivity index (χ2n) is 6.59. The molecule has 0 unspecified atom stereocenters. The Morgan fingerprint density at radius 3 is 2.80 bits per heavy atom. The number of fused-ring (bicyclic) bond motifs is 1. The molecule has 126 valence electrons.